The molecule has 0 N–H and O–H groups in total. The van der Waals surface area contributed by atoms with Crippen LogP contribution in [0, 0.1) is 0 Å². The lowest BCUT2D eigenvalue weighted by Gasteiger charge is -2.30. The summed E-state index contributed by atoms with van der Waals surface area (Å²) < 4.78 is 1.73. The molecule has 4 rings (SSSR count). The predicted octanol–water partition coefficient (Wildman–Crippen LogP) is 4.10. The predicted molar refractivity (Wildman–Crippen MR) is 104 cm³/mol. The molecule has 1 aliphatic heterocycles. The summed E-state index contributed by atoms with van der Waals surface area (Å²) in [6.45, 7) is 3.28. The number of pyridine rings is 1. The molecule has 0 radical (unpaired) electrons. The Morgan fingerprint density at radius 3 is 2.81 bits per heavy atom. The molecule has 0 bridgehead atoms. The summed E-state index contributed by atoms with van der Waals surface area (Å²) in [4.78, 5) is 14.8. The van der Waals surface area contributed by atoms with Gasteiger partial charge < -0.3 is 4.90 Å². The average molecular weight is 407 g/mol. The third-order valence-electron chi connectivity index (χ3n) is 4.47. The smallest absolute Gasteiger partial charge is 0.236 e. The Morgan fingerprint density at radius 1 is 1.23 bits per heavy atom. The van der Waals surface area contributed by atoms with Crippen LogP contribution < -0.4 is 0 Å². The van der Waals surface area contributed by atoms with Crippen molar-refractivity contribution in [1.29, 1.82) is 0 Å². The zero-order chi connectivity index (χ0) is 18.3. The van der Waals surface area contributed by atoms with Crippen molar-refractivity contribution in [3.8, 4) is 0 Å². The summed E-state index contributed by atoms with van der Waals surface area (Å²) in [5.74, 6) is 0.0920. The van der Waals surface area contributed by atoms with E-state index in [2.05, 4.69) is 22.3 Å². The minimum Gasteiger partial charge on any atom is -0.337 e. The molecule has 0 unspecified atom stereocenters. The Kier molecular flexibility index (Phi) is 4.82. The van der Waals surface area contributed by atoms with Crippen LogP contribution in [0.25, 0.3) is 5.65 Å². The number of rotatable bonds is 3. The monoisotopic (exact) mass is 406 g/mol. The SMILES string of the molecule is C[C@H](Sc1nnc2c(Cl)cc(Cl)cn12)C(=O)N1CCc2ccccc2C1. The summed E-state index contributed by atoms with van der Waals surface area (Å²) in [6, 6.07) is 9.90. The maximum absolute atomic E-state index is 12.9. The summed E-state index contributed by atoms with van der Waals surface area (Å²) in [5, 5.41) is 9.50. The number of nitrogens with zero attached hydrogens (tertiary/aromatic N) is 4. The van der Waals surface area contributed by atoms with E-state index in [4.69, 9.17) is 23.2 Å². The number of hydrogen-bond donors (Lipinski definition) is 0. The molecule has 3 aromatic rings. The number of amides is 1. The van der Waals surface area contributed by atoms with E-state index in [9.17, 15) is 4.79 Å². The van der Waals surface area contributed by atoms with Crippen LogP contribution in [-0.4, -0.2) is 37.2 Å². The highest BCUT2D eigenvalue weighted by Gasteiger charge is 2.26. The number of halogens is 2. The Balaban J connectivity index is 1.52. The second kappa shape index (κ2) is 7.10. The first-order valence-corrected chi connectivity index (χ1v) is 9.88. The van der Waals surface area contributed by atoms with E-state index in [-0.39, 0.29) is 11.2 Å². The molecule has 1 aliphatic rings. The van der Waals surface area contributed by atoms with Gasteiger partial charge in [-0.25, -0.2) is 0 Å². The van der Waals surface area contributed by atoms with E-state index in [1.165, 1.54) is 22.9 Å². The highest BCUT2D eigenvalue weighted by molar-refractivity contribution is 8.00. The fraction of sp³-hybridized carbons (Fsp3) is 0.278. The summed E-state index contributed by atoms with van der Waals surface area (Å²) >= 11 is 13.6. The number of carbonyl (C=O) groups is 1. The van der Waals surface area contributed by atoms with Crippen molar-refractivity contribution in [2.45, 2.75) is 30.3 Å². The third kappa shape index (κ3) is 3.29. The molecule has 1 amide bonds. The molecule has 26 heavy (non-hydrogen) atoms. The van der Waals surface area contributed by atoms with Gasteiger partial charge in [0, 0.05) is 19.3 Å². The normalized spacial score (nSPS) is 15.1. The van der Waals surface area contributed by atoms with Gasteiger partial charge in [-0.15, -0.1) is 10.2 Å². The number of aromatic nitrogens is 3. The van der Waals surface area contributed by atoms with Crippen LogP contribution in [0.3, 0.4) is 0 Å². The van der Waals surface area contributed by atoms with Crippen molar-refractivity contribution in [2.75, 3.05) is 6.54 Å². The van der Waals surface area contributed by atoms with Crippen molar-refractivity contribution in [3.63, 3.8) is 0 Å². The standard InChI is InChI=1S/C18H16Cl2N4OS/c1-11(17(25)23-7-6-12-4-2-3-5-13(12)9-23)26-18-22-21-16-15(20)8-14(19)10-24(16)18/h2-5,8,10-11H,6-7,9H2,1H3/t11-/m0/s1. The van der Waals surface area contributed by atoms with Gasteiger partial charge in [0.05, 0.1) is 15.3 Å². The van der Waals surface area contributed by atoms with Gasteiger partial charge >= 0.3 is 0 Å². The molecule has 0 spiro atoms. The minimum absolute atomic E-state index is 0.0920. The first kappa shape index (κ1) is 17.6. The number of carbonyl (C=O) groups excluding carboxylic acids is 1. The van der Waals surface area contributed by atoms with Crippen molar-refractivity contribution in [3.05, 3.63) is 57.7 Å². The van der Waals surface area contributed by atoms with E-state index in [0.717, 1.165) is 13.0 Å². The topological polar surface area (TPSA) is 50.5 Å². The Bertz CT molecular complexity index is 990. The molecule has 1 aromatic carbocycles. The van der Waals surface area contributed by atoms with E-state index in [1.807, 2.05) is 24.0 Å². The Morgan fingerprint density at radius 2 is 2.00 bits per heavy atom. The van der Waals surface area contributed by atoms with Crippen molar-refractivity contribution < 1.29 is 4.79 Å². The van der Waals surface area contributed by atoms with Gasteiger partial charge in [0.25, 0.3) is 0 Å². The largest absolute Gasteiger partial charge is 0.337 e. The number of fused-ring (bicyclic) bond motifs is 2. The lowest BCUT2D eigenvalue weighted by molar-refractivity contribution is -0.131. The van der Waals surface area contributed by atoms with Gasteiger partial charge in [-0.05, 0) is 30.5 Å². The van der Waals surface area contributed by atoms with E-state index in [1.54, 1.807) is 16.7 Å². The van der Waals surface area contributed by atoms with Gasteiger partial charge in [-0.3, -0.25) is 9.20 Å². The van der Waals surface area contributed by atoms with Gasteiger partial charge in [-0.1, -0.05) is 59.2 Å². The molecule has 0 fully saturated rings. The fourth-order valence-electron chi connectivity index (χ4n) is 3.13. The quantitative estimate of drug-likeness (QED) is 0.614. The summed E-state index contributed by atoms with van der Waals surface area (Å²) in [6.07, 6.45) is 2.60. The molecule has 0 saturated heterocycles. The zero-order valence-electron chi connectivity index (χ0n) is 14.0. The van der Waals surface area contributed by atoms with Crippen molar-refractivity contribution >= 4 is 46.5 Å². The Hall–Kier alpha value is -1.76. The van der Waals surface area contributed by atoms with E-state index >= 15 is 0 Å². The highest BCUT2D eigenvalue weighted by Crippen LogP contribution is 2.29. The van der Waals surface area contributed by atoms with Crippen LogP contribution in [0.15, 0.2) is 41.7 Å². The van der Waals surface area contributed by atoms with Crippen LogP contribution >= 0.6 is 35.0 Å². The van der Waals surface area contributed by atoms with Crippen molar-refractivity contribution in [2.24, 2.45) is 0 Å². The highest BCUT2D eigenvalue weighted by atomic mass is 35.5. The Labute approximate surface area is 165 Å². The second-order valence-corrected chi connectivity index (χ2v) is 8.37. The maximum atomic E-state index is 12.9. The van der Waals surface area contributed by atoms with Gasteiger partial charge in [0.15, 0.2) is 10.8 Å². The molecule has 5 nitrogen and oxygen atoms in total. The molecule has 0 aliphatic carbocycles. The molecule has 1 atom stereocenters. The molecule has 134 valence electrons. The first-order valence-electron chi connectivity index (χ1n) is 8.25. The minimum atomic E-state index is -0.287. The molecular weight excluding hydrogens is 391 g/mol. The van der Waals surface area contributed by atoms with Gasteiger partial charge in [0.2, 0.25) is 5.91 Å². The average Bonchev–Trinajstić information content (AvgIpc) is 3.03. The van der Waals surface area contributed by atoms with Crippen LogP contribution in [0.1, 0.15) is 18.1 Å². The third-order valence-corrected chi connectivity index (χ3v) is 6.00. The number of benzene rings is 1. The van der Waals surface area contributed by atoms with Crippen LogP contribution in [0.2, 0.25) is 10.0 Å². The zero-order valence-corrected chi connectivity index (χ0v) is 16.4. The van der Waals surface area contributed by atoms with Crippen LogP contribution in [-0.2, 0) is 17.8 Å². The molecule has 0 saturated carbocycles. The number of thioether (sulfide) groups is 1. The number of hydrogen-bond acceptors (Lipinski definition) is 4. The molecular formula is C18H16Cl2N4OS. The van der Waals surface area contributed by atoms with Gasteiger partial charge in [-0.2, -0.15) is 0 Å². The lowest BCUT2D eigenvalue weighted by atomic mass is 10.00. The van der Waals surface area contributed by atoms with E-state index < -0.39 is 0 Å². The second-order valence-electron chi connectivity index (χ2n) is 6.22. The summed E-state index contributed by atoms with van der Waals surface area (Å²) in [5.41, 5.74) is 3.07. The van der Waals surface area contributed by atoms with Crippen molar-refractivity contribution in [1.82, 2.24) is 19.5 Å². The molecule has 8 heteroatoms. The van der Waals surface area contributed by atoms with Gasteiger partial charge in [0.1, 0.15) is 0 Å². The molecule has 2 aromatic heterocycles. The van der Waals surface area contributed by atoms with E-state index in [0.29, 0.717) is 27.4 Å². The first-order chi connectivity index (χ1) is 12.5. The lowest BCUT2D eigenvalue weighted by Crippen LogP contribution is -2.40. The van der Waals surface area contributed by atoms with Crippen LogP contribution in [0.5, 0.6) is 0 Å². The maximum Gasteiger partial charge on any atom is 0.236 e. The van der Waals surface area contributed by atoms with Crippen LogP contribution in [0.4, 0.5) is 0 Å². The summed E-state index contributed by atoms with van der Waals surface area (Å²) in [7, 11) is 0. The molecule has 3 heterocycles. The fourth-order valence-corrected chi connectivity index (χ4v) is 4.55.